The van der Waals surface area contributed by atoms with Gasteiger partial charge in [-0.25, -0.2) is 4.79 Å². The normalized spacial score (nSPS) is 10.8. The number of esters is 1. The van der Waals surface area contributed by atoms with Gasteiger partial charge in [0.15, 0.2) is 0 Å². The van der Waals surface area contributed by atoms with Gasteiger partial charge in [-0.15, -0.1) is 0 Å². The highest BCUT2D eigenvalue weighted by Gasteiger charge is 1.97. The first-order valence-corrected chi connectivity index (χ1v) is 10.2. The second kappa shape index (κ2) is 24.7. The summed E-state index contributed by atoms with van der Waals surface area (Å²) in [6, 6.07) is 0. The number of aliphatic carboxylic acids is 1. The maximum atomic E-state index is 10.8. The Morgan fingerprint density at radius 3 is 1.13 bits per heavy atom. The van der Waals surface area contributed by atoms with Gasteiger partial charge < -0.3 is 43.0 Å². The summed E-state index contributed by atoms with van der Waals surface area (Å²) in [6.07, 6.45) is 1.10. The number of carbonyl (C=O) groups excluding carboxylic acids is 1. The molecule has 0 rings (SSSR count). The van der Waals surface area contributed by atoms with Crippen LogP contribution in [0.15, 0.2) is 12.7 Å². The zero-order valence-corrected chi connectivity index (χ0v) is 18.1. The van der Waals surface area contributed by atoms with Crippen LogP contribution in [0.5, 0.6) is 0 Å². The molecule has 0 saturated heterocycles. The number of hydrogen-bond donors (Lipinski definition) is 1. The van der Waals surface area contributed by atoms with E-state index in [1.165, 1.54) is 0 Å². The van der Waals surface area contributed by atoms with Crippen molar-refractivity contribution in [3.8, 4) is 0 Å². The van der Waals surface area contributed by atoms with Gasteiger partial charge in [0.25, 0.3) is 0 Å². The van der Waals surface area contributed by atoms with Gasteiger partial charge in [0.1, 0.15) is 6.61 Å². The van der Waals surface area contributed by atoms with Crippen LogP contribution in [-0.2, 0) is 47.5 Å². The number of carbonyl (C=O) groups is 2. The molecule has 0 aromatic heterocycles. The maximum Gasteiger partial charge on any atom is 0.330 e. The summed E-state index contributed by atoms with van der Waals surface area (Å²) in [5.74, 6) is -1.34. The molecule has 0 bridgehead atoms. The molecule has 11 heteroatoms. The minimum Gasteiger partial charge on any atom is -0.481 e. The van der Waals surface area contributed by atoms with Gasteiger partial charge >= 0.3 is 11.9 Å². The van der Waals surface area contributed by atoms with Crippen molar-refractivity contribution >= 4 is 11.9 Å². The van der Waals surface area contributed by atoms with E-state index in [1.54, 1.807) is 0 Å². The quantitative estimate of drug-likeness (QED) is 0.117. The average molecular weight is 452 g/mol. The van der Waals surface area contributed by atoms with Crippen molar-refractivity contribution in [2.75, 3.05) is 99.1 Å². The standard InChI is InChI=1S/C20H36O11/c1-2-20(23)31-18-17-30-16-15-29-14-13-28-12-11-27-10-9-26-8-7-25-6-5-24-4-3-19(21)22/h2H,1,3-18H2,(H,21,22). The monoisotopic (exact) mass is 452 g/mol. The van der Waals surface area contributed by atoms with Crippen LogP contribution in [0.3, 0.4) is 0 Å². The third-order valence-electron chi connectivity index (χ3n) is 3.33. The Balaban J connectivity index is 3.04. The Kier molecular flexibility index (Phi) is 23.4. The molecule has 0 fully saturated rings. The molecule has 0 aromatic rings. The zero-order chi connectivity index (χ0) is 22.8. The number of carboxylic acid groups (broad SMARTS) is 1. The molecular weight excluding hydrogens is 416 g/mol. The number of ether oxygens (including phenoxy) is 8. The molecule has 0 aliphatic rings. The summed E-state index contributed by atoms with van der Waals surface area (Å²) in [7, 11) is 0. The Morgan fingerprint density at radius 2 is 0.839 bits per heavy atom. The highest BCUT2D eigenvalue weighted by atomic mass is 16.6. The summed E-state index contributed by atoms with van der Waals surface area (Å²) < 4.78 is 41.8. The van der Waals surface area contributed by atoms with E-state index in [4.69, 9.17) is 43.0 Å². The number of rotatable bonds is 25. The third kappa shape index (κ3) is 26.4. The van der Waals surface area contributed by atoms with Crippen LogP contribution in [0.4, 0.5) is 0 Å². The maximum absolute atomic E-state index is 10.8. The van der Waals surface area contributed by atoms with Crippen LogP contribution in [-0.4, -0.2) is 116 Å². The van der Waals surface area contributed by atoms with E-state index >= 15 is 0 Å². The Bertz CT molecular complexity index is 431. The Morgan fingerprint density at radius 1 is 0.548 bits per heavy atom. The second-order valence-electron chi connectivity index (χ2n) is 5.80. The average Bonchev–Trinajstić information content (AvgIpc) is 2.76. The van der Waals surface area contributed by atoms with Crippen LogP contribution in [0.25, 0.3) is 0 Å². The number of hydrogen-bond acceptors (Lipinski definition) is 10. The largest absolute Gasteiger partial charge is 0.481 e. The molecule has 11 nitrogen and oxygen atoms in total. The van der Waals surface area contributed by atoms with Crippen molar-refractivity contribution in [2.24, 2.45) is 0 Å². The van der Waals surface area contributed by atoms with Crippen molar-refractivity contribution in [3.05, 3.63) is 12.7 Å². The van der Waals surface area contributed by atoms with Gasteiger partial charge in [-0.2, -0.15) is 0 Å². The molecule has 0 radical (unpaired) electrons. The van der Waals surface area contributed by atoms with Gasteiger partial charge in [-0.05, 0) is 0 Å². The van der Waals surface area contributed by atoms with Gasteiger partial charge in [0.2, 0.25) is 0 Å². The first-order chi connectivity index (χ1) is 15.2. The first kappa shape index (κ1) is 29.4. The number of carboxylic acids is 1. The van der Waals surface area contributed by atoms with Crippen LogP contribution in [0, 0.1) is 0 Å². The first-order valence-electron chi connectivity index (χ1n) is 10.2. The molecule has 0 saturated carbocycles. The van der Waals surface area contributed by atoms with Crippen molar-refractivity contribution < 1.29 is 52.6 Å². The Labute approximate surface area is 183 Å². The van der Waals surface area contributed by atoms with Crippen molar-refractivity contribution in [3.63, 3.8) is 0 Å². The minimum absolute atomic E-state index is 0.00340. The fourth-order valence-electron chi connectivity index (χ4n) is 1.84. The van der Waals surface area contributed by atoms with E-state index < -0.39 is 11.9 Å². The summed E-state index contributed by atoms with van der Waals surface area (Å²) in [4.78, 5) is 21.0. The van der Waals surface area contributed by atoms with Crippen LogP contribution in [0.1, 0.15) is 6.42 Å². The molecule has 1 N–H and O–H groups in total. The lowest BCUT2D eigenvalue weighted by molar-refractivity contribution is -0.140. The van der Waals surface area contributed by atoms with E-state index in [1.807, 2.05) is 0 Å². The van der Waals surface area contributed by atoms with Crippen molar-refractivity contribution in [1.82, 2.24) is 0 Å². The molecule has 0 amide bonds. The van der Waals surface area contributed by atoms with Gasteiger partial charge in [0.05, 0.1) is 98.9 Å². The minimum atomic E-state index is -0.877. The van der Waals surface area contributed by atoms with Crippen LogP contribution >= 0.6 is 0 Å². The van der Waals surface area contributed by atoms with E-state index in [2.05, 4.69) is 6.58 Å². The van der Waals surface area contributed by atoms with Crippen molar-refractivity contribution in [2.45, 2.75) is 6.42 Å². The molecule has 31 heavy (non-hydrogen) atoms. The lowest BCUT2D eigenvalue weighted by atomic mass is 10.5. The molecule has 0 unspecified atom stereocenters. The summed E-state index contributed by atoms with van der Waals surface area (Å²) >= 11 is 0. The van der Waals surface area contributed by atoms with Crippen LogP contribution < -0.4 is 0 Å². The molecule has 182 valence electrons. The fourth-order valence-corrected chi connectivity index (χ4v) is 1.84. The molecule has 0 aliphatic heterocycles. The topological polar surface area (TPSA) is 128 Å². The summed E-state index contributed by atoms with van der Waals surface area (Å²) in [6.45, 7) is 9.33. The smallest absolute Gasteiger partial charge is 0.330 e. The lowest BCUT2D eigenvalue weighted by Gasteiger charge is -2.08. The predicted molar refractivity (Wildman–Crippen MR) is 109 cm³/mol. The molecular formula is C20H36O11. The highest BCUT2D eigenvalue weighted by molar-refractivity contribution is 5.81. The van der Waals surface area contributed by atoms with E-state index in [0.717, 1.165) is 6.08 Å². The van der Waals surface area contributed by atoms with Crippen LogP contribution in [0.2, 0.25) is 0 Å². The lowest BCUT2D eigenvalue weighted by Crippen LogP contribution is -2.15. The van der Waals surface area contributed by atoms with Gasteiger partial charge in [-0.3, -0.25) is 4.79 Å². The third-order valence-corrected chi connectivity index (χ3v) is 3.33. The van der Waals surface area contributed by atoms with Crippen molar-refractivity contribution in [1.29, 1.82) is 0 Å². The van der Waals surface area contributed by atoms with Gasteiger partial charge in [0, 0.05) is 6.08 Å². The Hall–Kier alpha value is -1.60. The van der Waals surface area contributed by atoms with Gasteiger partial charge in [-0.1, -0.05) is 6.58 Å². The predicted octanol–water partition coefficient (Wildman–Crippen LogP) is 0.307. The molecule has 0 spiro atoms. The molecule has 0 aliphatic carbocycles. The van der Waals surface area contributed by atoms with E-state index in [-0.39, 0.29) is 19.6 Å². The SMILES string of the molecule is C=CC(=O)OCCOCCOCCOCCOCCOCCOCCOCCC(=O)O. The highest BCUT2D eigenvalue weighted by Crippen LogP contribution is 1.87. The fraction of sp³-hybridized carbons (Fsp3) is 0.800. The molecule has 0 aromatic carbocycles. The zero-order valence-electron chi connectivity index (χ0n) is 18.1. The molecule has 0 heterocycles. The van der Waals surface area contributed by atoms with E-state index in [9.17, 15) is 9.59 Å². The summed E-state index contributed by atoms with van der Waals surface area (Å²) in [5.41, 5.74) is 0. The van der Waals surface area contributed by atoms with E-state index in [0.29, 0.717) is 85.9 Å². The molecule has 0 atom stereocenters. The summed E-state index contributed by atoms with van der Waals surface area (Å²) in [5, 5.41) is 8.44. The second-order valence-corrected chi connectivity index (χ2v) is 5.80.